The molecule has 0 fully saturated rings. The van der Waals surface area contributed by atoms with Gasteiger partial charge in [0, 0.05) is 17.6 Å². The molecule has 1 aliphatic rings. The van der Waals surface area contributed by atoms with E-state index in [4.69, 9.17) is 21.1 Å². The van der Waals surface area contributed by atoms with Crippen LogP contribution in [-0.2, 0) is 12.8 Å². The zero-order chi connectivity index (χ0) is 16.4. The summed E-state index contributed by atoms with van der Waals surface area (Å²) in [6, 6.07) is 12.7. The Hall–Kier alpha value is -1.71. The van der Waals surface area contributed by atoms with Gasteiger partial charge in [-0.05, 0) is 54.8 Å². The molecule has 0 spiro atoms. The number of hydrogen-bond donors (Lipinski definition) is 0. The van der Waals surface area contributed by atoms with Crippen molar-refractivity contribution in [3.05, 3.63) is 58.1 Å². The maximum absolute atomic E-state index is 6.39. The lowest BCUT2D eigenvalue weighted by atomic mass is 9.89. The lowest BCUT2D eigenvalue weighted by Crippen LogP contribution is -2.33. The topological polar surface area (TPSA) is 21.7 Å². The van der Waals surface area contributed by atoms with E-state index < -0.39 is 0 Å². The molecule has 3 nitrogen and oxygen atoms in total. The predicted molar refractivity (Wildman–Crippen MR) is 93.8 cm³/mol. The van der Waals surface area contributed by atoms with E-state index in [1.807, 2.05) is 18.2 Å². The maximum atomic E-state index is 6.39. The largest absolute Gasteiger partial charge is 0.493 e. The van der Waals surface area contributed by atoms with E-state index >= 15 is 0 Å². The van der Waals surface area contributed by atoms with Gasteiger partial charge in [0.15, 0.2) is 11.5 Å². The molecular weight excluding hydrogens is 310 g/mol. The quantitative estimate of drug-likeness (QED) is 0.841. The van der Waals surface area contributed by atoms with E-state index in [9.17, 15) is 0 Å². The molecule has 0 amide bonds. The zero-order valence-electron chi connectivity index (χ0n) is 13.8. The summed E-state index contributed by atoms with van der Waals surface area (Å²) in [5.74, 6) is 1.53. The number of hydrogen-bond acceptors (Lipinski definition) is 3. The molecule has 0 N–H and O–H groups in total. The molecule has 0 aromatic heterocycles. The fourth-order valence-electron chi connectivity index (χ4n) is 3.33. The van der Waals surface area contributed by atoms with E-state index in [1.54, 1.807) is 14.2 Å². The fraction of sp³-hybridized carbons (Fsp3) is 0.368. The molecule has 3 rings (SSSR count). The molecule has 1 unspecified atom stereocenters. The second kappa shape index (κ2) is 6.81. The highest BCUT2D eigenvalue weighted by Gasteiger charge is 2.26. The van der Waals surface area contributed by atoms with Crippen LogP contribution in [0.4, 0.5) is 0 Å². The Bertz CT molecular complexity index is 702. The van der Waals surface area contributed by atoms with E-state index in [-0.39, 0.29) is 0 Å². The third-order valence-electron chi connectivity index (χ3n) is 4.64. The van der Waals surface area contributed by atoms with Gasteiger partial charge in [-0.15, -0.1) is 0 Å². The number of ether oxygens (including phenoxy) is 2. The third kappa shape index (κ3) is 3.17. The number of benzene rings is 2. The molecule has 0 aliphatic carbocycles. The zero-order valence-corrected chi connectivity index (χ0v) is 14.6. The van der Waals surface area contributed by atoms with Gasteiger partial charge in [-0.1, -0.05) is 29.8 Å². The summed E-state index contributed by atoms with van der Waals surface area (Å²) in [5, 5.41) is 0.882. The average molecular weight is 332 g/mol. The molecular formula is C19H22ClNO2. The molecule has 122 valence electrons. The molecule has 2 aromatic carbocycles. The van der Waals surface area contributed by atoms with Crippen LogP contribution in [0, 0.1) is 0 Å². The smallest absolute Gasteiger partial charge is 0.160 e. The number of nitrogens with zero attached hydrogens (tertiary/aromatic N) is 1. The van der Waals surface area contributed by atoms with Crippen molar-refractivity contribution in [2.24, 2.45) is 0 Å². The monoisotopic (exact) mass is 331 g/mol. The van der Waals surface area contributed by atoms with Crippen molar-refractivity contribution in [2.45, 2.75) is 18.9 Å². The molecule has 0 bridgehead atoms. The normalized spacial score (nSPS) is 17.7. The van der Waals surface area contributed by atoms with Crippen molar-refractivity contribution < 1.29 is 9.47 Å². The van der Waals surface area contributed by atoms with Crippen molar-refractivity contribution in [1.82, 2.24) is 4.90 Å². The number of methoxy groups -OCH3 is 2. The first-order chi connectivity index (χ1) is 11.1. The molecule has 0 radical (unpaired) electrons. The average Bonchev–Trinajstić information content (AvgIpc) is 2.57. The van der Waals surface area contributed by atoms with Crippen molar-refractivity contribution in [1.29, 1.82) is 0 Å². The minimum atomic E-state index is 0.329. The van der Waals surface area contributed by atoms with E-state index in [1.165, 1.54) is 16.7 Å². The number of rotatable bonds is 4. The fourth-order valence-corrected chi connectivity index (χ4v) is 3.61. The Morgan fingerprint density at radius 1 is 1.13 bits per heavy atom. The lowest BCUT2D eigenvalue weighted by molar-refractivity contribution is 0.229. The number of fused-ring (bicyclic) bond motifs is 1. The van der Waals surface area contributed by atoms with Gasteiger partial charge < -0.3 is 9.47 Å². The Morgan fingerprint density at radius 2 is 1.91 bits per heavy atom. The molecule has 4 heteroatoms. The van der Waals surface area contributed by atoms with Crippen molar-refractivity contribution in [3.63, 3.8) is 0 Å². The van der Waals surface area contributed by atoms with Crippen LogP contribution >= 0.6 is 11.6 Å². The van der Waals surface area contributed by atoms with Crippen molar-refractivity contribution in [3.8, 4) is 11.5 Å². The number of likely N-dealkylation sites (N-methyl/N-ethyl adjacent to an activating group) is 1. The van der Waals surface area contributed by atoms with Gasteiger partial charge in [0.1, 0.15) is 0 Å². The molecule has 0 saturated heterocycles. The van der Waals surface area contributed by atoms with Crippen molar-refractivity contribution >= 4 is 11.6 Å². The van der Waals surface area contributed by atoms with Gasteiger partial charge in [-0.3, -0.25) is 4.90 Å². The Labute approximate surface area is 142 Å². The summed E-state index contributed by atoms with van der Waals surface area (Å²) in [5.41, 5.74) is 3.85. The van der Waals surface area contributed by atoms with Crippen molar-refractivity contribution in [2.75, 3.05) is 27.8 Å². The highest BCUT2D eigenvalue weighted by molar-refractivity contribution is 6.31. The van der Waals surface area contributed by atoms with Crippen LogP contribution in [0.15, 0.2) is 36.4 Å². The molecule has 23 heavy (non-hydrogen) atoms. The first-order valence-electron chi connectivity index (χ1n) is 7.82. The predicted octanol–water partition coefficient (Wildman–Crippen LogP) is 4.13. The SMILES string of the molecule is COc1ccc(CC2c3cccc(Cl)c3CCN2C)cc1OC. The van der Waals surface area contributed by atoms with Gasteiger partial charge in [0.05, 0.1) is 14.2 Å². The molecule has 1 atom stereocenters. The summed E-state index contributed by atoms with van der Waals surface area (Å²) in [4.78, 5) is 2.40. The maximum Gasteiger partial charge on any atom is 0.160 e. The molecule has 1 aliphatic heterocycles. The second-order valence-corrected chi connectivity index (χ2v) is 6.35. The van der Waals surface area contributed by atoms with Gasteiger partial charge in [-0.2, -0.15) is 0 Å². The molecule has 0 saturated carbocycles. The van der Waals surface area contributed by atoms with Crippen LogP contribution in [0.1, 0.15) is 22.7 Å². The summed E-state index contributed by atoms with van der Waals surface area (Å²) < 4.78 is 10.7. The van der Waals surface area contributed by atoms with E-state index in [2.05, 4.69) is 30.1 Å². The summed E-state index contributed by atoms with van der Waals surface area (Å²) in [7, 11) is 5.50. The van der Waals surface area contributed by atoms with Gasteiger partial charge in [0.25, 0.3) is 0 Å². The van der Waals surface area contributed by atoms with E-state index in [0.29, 0.717) is 6.04 Å². The minimum Gasteiger partial charge on any atom is -0.493 e. The highest BCUT2D eigenvalue weighted by Crippen LogP contribution is 2.36. The molecule has 2 aromatic rings. The van der Waals surface area contributed by atoms with Crippen LogP contribution in [0.3, 0.4) is 0 Å². The first-order valence-corrected chi connectivity index (χ1v) is 8.20. The van der Waals surface area contributed by atoms with E-state index in [0.717, 1.165) is 35.9 Å². The molecule has 1 heterocycles. The summed E-state index contributed by atoms with van der Waals surface area (Å²) in [6.45, 7) is 1.02. The van der Waals surface area contributed by atoms with Gasteiger partial charge in [0.2, 0.25) is 0 Å². The van der Waals surface area contributed by atoms with Crippen LogP contribution in [-0.4, -0.2) is 32.7 Å². The summed E-state index contributed by atoms with van der Waals surface area (Å²) in [6.07, 6.45) is 1.93. The lowest BCUT2D eigenvalue weighted by Gasteiger charge is -2.35. The Morgan fingerprint density at radius 3 is 2.65 bits per heavy atom. The third-order valence-corrected chi connectivity index (χ3v) is 4.99. The van der Waals surface area contributed by atoms with Crippen LogP contribution in [0.2, 0.25) is 5.02 Å². The Kier molecular flexibility index (Phi) is 4.79. The van der Waals surface area contributed by atoms with Crippen LogP contribution in [0.5, 0.6) is 11.5 Å². The van der Waals surface area contributed by atoms with Crippen LogP contribution < -0.4 is 9.47 Å². The number of halogens is 1. The van der Waals surface area contributed by atoms with Gasteiger partial charge in [-0.25, -0.2) is 0 Å². The first kappa shape index (κ1) is 16.2. The van der Waals surface area contributed by atoms with Crippen LogP contribution in [0.25, 0.3) is 0 Å². The highest BCUT2D eigenvalue weighted by atomic mass is 35.5. The standard InChI is InChI=1S/C19H22ClNO2/c1-21-10-9-14-15(5-4-6-16(14)20)17(21)11-13-7-8-18(22-2)19(12-13)23-3/h4-8,12,17H,9-11H2,1-3H3. The minimum absolute atomic E-state index is 0.329. The Balaban J connectivity index is 1.92. The van der Waals surface area contributed by atoms with Gasteiger partial charge >= 0.3 is 0 Å². The summed E-state index contributed by atoms with van der Waals surface area (Å²) >= 11 is 6.39. The second-order valence-electron chi connectivity index (χ2n) is 5.95.